The Kier molecular flexibility index (Phi) is 2.97. The van der Waals surface area contributed by atoms with Gasteiger partial charge in [-0.3, -0.25) is 10.2 Å². The first-order chi connectivity index (χ1) is 6.06. The Labute approximate surface area is 74.3 Å². The van der Waals surface area contributed by atoms with E-state index < -0.39 is 36.6 Å². The van der Waals surface area contributed by atoms with Crippen LogP contribution in [0.3, 0.4) is 0 Å². The van der Waals surface area contributed by atoms with Crippen molar-refractivity contribution in [3.05, 3.63) is 0 Å². The average Bonchev–Trinajstić information content (AvgIpc) is 2.44. The molecule has 1 saturated heterocycles. The maximum atomic E-state index is 10.8. The van der Waals surface area contributed by atoms with Crippen LogP contribution in [0, 0.1) is 5.41 Å². The Bertz CT molecular complexity index is 213. The molecule has 0 aromatic rings. The van der Waals surface area contributed by atoms with Gasteiger partial charge in [-0.1, -0.05) is 0 Å². The number of carbonyl (C=O) groups is 1. The van der Waals surface area contributed by atoms with Crippen molar-refractivity contribution < 1.29 is 24.9 Å². The molecule has 1 rings (SSSR count). The lowest BCUT2D eigenvalue weighted by atomic mass is 10.1. The number of ketones is 1. The topological polar surface area (TPSA) is 111 Å². The second-order valence-corrected chi connectivity index (χ2v) is 2.85. The van der Waals surface area contributed by atoms with Gasteiger partial charge in [0.05, 0.1) is 13.0 Å². The van der Waals surface area contributed by atoms with E-state index in [9.17, 15) is 9.90 Å². The smallest absolute Gasteiger partial charge is 0.251 e. The lowest BCUT2D eigenvalue weighted by molar-refractivity contribution is -0.113. The van der Waals surface area contributed by atoms with Crippen LogP contribution < -0.4 is 0 Å². The van der Waals surface area contributed by atoms with Crippen LogP contribution in [0.25, 0.3) is 0 Å². The van der Waals surface area contributed by atoms with Gasteiger partial charge in [-0.15, -0.1) is 0 Å². The number of carbonyl (C=O) groups excluding carboxylic acids is 1. The molecule has 74 valence electrons. The quantitative estimate of drug-likeness (QED) is 0.412. The summed E-state index contributed by atoms with van der Waals surface area (Å²) in [4.78, 5) is 10.8. The van der Waals surface area contributed by atoms with E-state index >= 15 is 0 Å². The zero-order chi connectivity index (χ0) is 10.0. The molecule has 0 spiro atoms. The van der Waals surface area contributed by atoms with Crippen molar-refractivity contribution in [3.63, 3.8) is 0 Å². The van der Waals surface area contributed by atoms with Crippen molar-refractivity contribution in [1.82, 2.24) is 0 Å². The van der Waals surface area contributed by atoms with E-state index in [0.29, 0.717) is 0 Å². The monoisotopic (exact) mass is 189 g/mol. The molecule has 4 N–H and O–H groups in total. The van der Waals surface area contributed by atoms with Gasteiger partial charge in [0, 0.05) is 0 Å². The normalized spacial score (nSPS) is 27.2. The van der Waals surface area contributed by atoms with Crippen LogP contribution in [-0.4, -0.2) is 51.9 Å². The van der Waals surface area contributed by atoms with Gasteiger partial charge in [0.15, 0.2) is 0 Å². The number of Topliss-reactive ketones (excluding diaryl/α,β-unsaturated/α-hetero) is 1. The number of rotatable bonds is 3. The zero-order valence-corrected chi connectivity index (χ0v) is 6.80. The van der Waals surface area contributed by atoms with Gasteiger partial charge >= 0.3 is 0 Å². The largest absolute Gasteiger partial charge is 0.469 e. The summed E-state index contributed by atoms with van der Waals surface area (Å²) in [6.45, 7) is -0.609. The fourth-order valence-electron chi connectivity index (χ4n) is 1.08. The van der Waals surface area contributed by atoms with Gasteiger partial charge in [0.25, 0.3) is 5.90 Å². The van der Waals surface area contributed by atoms with E-state index in [-0.39, 0.29) is 6.42 Å². The molecule has 6 nitrogen and oxygen atoms in total. The fourth-order valence-corrected chi connectivity index (χ4v) is 1.08. The van der Waals surface area contributed by atoms with Crippen molar-refractivity contribution in [1.29, 1.82) is 5.41 Å². The van der Waals surface area contributed by atoms with Crippen LogP contribution in [0.4, 0.5) is 0 Å². The fraction of sp³-hybridized carbons (Fsp3) is 0.714. The molecule has 1 heterocycles. The maximum Gasteiger partial charge on any atom is 0.251 e. The number of aliphatic hydroxyl groups is 3. The zero-order valence-electron chi connectivity index (χ0n) is 6.80. The average molecular weight is 189 g/mol. The third-order valence-electron chi connectivity index (χ3n) is 1.87. The second-order valence-electron chi connectivity index (χ2n) is 2.85. The highest BCUT2D eigenvalue weighted by atomic mass is 16.5. The minimum Gasteiger partial charge on any atom is -0.469 e. The lowest BCUT2D eigenvalue weighted by Crippen LogP contribution is -2.39. The summed E-state index contributed by atoms with van der Waals surface area (Å²) < 4.78 is 4.67. The number of hydrogen-bond donors (Lipinski definition) is 4. The van der Waals surface area contributed by atoms with Crippen molar-refractivity contribution in [2.24, 2.45) is 0 Å². The van der Waals surface area contributed by atoms with Crippen LogP contribution in [0.2, 0.25) is 0 Å². The highest BCUT2D eigenvalue weighted by Gasteiger charge is 2.37. The predicted octanol–water partition coefficient (Wildman–Crippen LogP) is -1.96. The molecule has 1 fully saturated rings. The number of ether oxygens (including phenoxy) is 1. The maximum absolute atomic E-state index is 10.8. The first kappa shape index (κ1) is 10.1. The van der Waals surface area contributed by atoms with E-state index in [4.69, 9.17) is 15.6 Å². The Morgan fingerprint density at radius 2 is 2.23 bits per heavy atom. The van der Waals surface area contributed by atoms with Crippen molar-refractivity contribution in [3.8, 4) is 0 Å². The number of hydrogen-bond acceptors (Lipinski definition) is 6. The minimum atomic E-state index is -1.34. The van der Waals surface area contributed by atoms with Crippen LogP contribution in [-0.2, 0) is 9.53 Å². The van der Waals surface area contributed by atoms with Crippen LogP contribution in [0.15, 0.2) is 0 Å². The third kappa shape index (κ3) is 2.03. The summed E-state index contributed by atoms with van der Waals surface area (Å²) in [5.74, 6) is -1.01. The molecular formula is C7H11NO5. The molecule has 13 heavy (non-hydrogen) atoms. The Morgan fingerprint density at radius 3 is 2.62 bits per heavy atom. The SMILES string of the molecule is N=C1O[C@@H]([C@H](O)[C@H](O)CO)CC1=O. The summed E-state index contributed by atoms with van der Waals surface area (Å²) in [6, 6.07) is 0. The Balaban J connectivity index is 2.55. The Hall–Kier alpha value is -0.980. The van der Waals surface area contributed by atoms with E-state index in [1.807, 2.05) is 0 Å². The van der Waals surface area contributed by atoms with Gasteiger partial charge < -0.3 is 20.1 Å². The highest BCUT2D eigenvalue weighted by Crippen LogP contribution is 2.16. The molecule has 0 unspecified atom stereocenters. The molecule has 6 heteroatoms. The van der Waals surface area contributed by atoms with E-state index in [1.165, 1.54) is 0 Å². The summed E-state index contributed by atoms with van der Waals surface area (Å²) >= 11 is 0. The molecule has 0 aromatic heterocycles. The highest BCUT2D eigenvalue weighted by molar-refractivity contribution is 6.36. The molecule has 0 saturated carbocycles. The molecule has 0 amide bonds. The van der Waals surface area contributed by atoms with Gasteiger partial charge in [-0.05, 0) is 0 Å². The third-order valence-corrected chi connectivity index (χ3v) is 1.87. The summed E-state index contributed by atoms with van der Waals surface area (Å²) in [5, 5.41) is 33.7. The van der Waals surface area contributed by atoms with E-state index in [2.05, 4.69) is 4.74 Å². The molecule has 0 aliphatic carbocycles. The summed E-state index contributed by atoms with van der Waals surface area (Å²) in [5.41, 5.74) is 0. The van der Waals surface area contributed by atoms with Crippen molar-refractivity contribution in [2.45, 2.75) is 24.7 Å². The van der Waals surface area contributed by atoms with Crippen molar-refractivity contribution >= 4 is 11.7 Å². The van der Waals surface area contributed by atoms with Gasteiger partial charge in [0.2, 0.25) is 5.78 Å². The van der Waals surface area contributed by atoms with Gasteiger partial charge in [-0.2, -0.15) is 0 Å². The van der Waals surface area contributed by atoms with Crippen LogP contribution in [0.5, 0.6) is 0 Å². The first-order valence-electron chi connectivity index (χ1n) is 3.81. The van der Waals surface area contributed by atoms with E-state index in [1.54, 1.807) is 0 Å². The van der Waals surface area contributed by atoms with Crippen LogP contribution >= 0.6 is 0 Å². The molecule has 1 aliphatic heterocycles. The molecule has 0 radical (unpaired) electrons. The van der Waals surface area contributed by atoms with Crippen LogP contribution in [0.1, 0.15) is 6.42 Å². The minimum absolute atomic E-state index is 0.128. The molecule has 1 aliphatic rings. The number of aliphatic hydroxyl groups excluding tert-OH is 3. The molecule has 0 bridgehead atoms. The van der Waals surface area contributed by atoms with Gasteiger partial charge in [-0.25, -0.2) is 0 Å². The van der Waals surface area contributed by atoms with Gasteiger partial charge in [0.1, 0.15) is 18.3 Å². The number of nitrogens with one attached hydrogen (secondary N) is 1. The predicted molar refractivity (Wildman–Crippen MR) is 41.3 cm³/mol. The standard InChI is InChI=1S/C7H11NO5/c8-7-3(10)1-5(13-7)6(12)4(11)2-9/h4-6,8-9,11-12H,1-2H2/t4-,5-,6-/m1/s1. The molecular weight excluding hydrogens is 178 g/mol. The summed E-state index contributed by atoms with van der Waals surface area (Å²) in [7, 11) is 0. The second kappa shape index (κ2) is 3.82. The molecule has 0 aromatic carbocycles. The molecule has 3 atom stereocenters. The first-order valence-corrected chi connectivity index (χ1v) is 3.81. The lowest BCUT2D eigenvalue weighted by Gasteiger charge is -2.20. The van der Waals surface area contributed by atoms with E-state index in [0.717, 1.165) is 0 Å². The van der Waals surface area contributed by atoms with Crippen molar-refractivity contribution in [2.75, 3.05) is 6.61 Å². The summed E-state index contributed by atoms with van der Waals surface area (Å²) in [6.07, 6.45) is -3.72. The Morgan fingerprint density at radius 1 is 1.62 bits per heavy atom.